The summed E-state index contributed by atoms with van der Waals surface area (Å²) in [5, 5.41) is 0. The molecule has 0 aromatic heterocycles. The first-order valence-electron chi connectivity index (χ1n) is 12.0. The van der Waals surface area contributed by atoms with Crippen LogP contribution in [0.3, 0.4) is 0 Å². The Hall–Kier alpha value is -2.47. The normalized spacial score (nSPS) is 18.0. The van der Waals surface area contributed by atoms with Crippen molar-refractivity contribution in [3.05, 3.63) is 53.8 Å². The van der Waals surface area contributed by atoms with E-state index in [0.717, 1.165) is 55.6 Å². The van der Waals surface area contributed by atoms with Gasteiger partial charge in [0, 0.05) is 19.6 Å². The van der Waals surface area contributed by atoms with Crippen molar-refractivity contribution in [3.63, 3.8) is 0 Å². The zero-order chi connectivity index (χ0) is 23.4. The van der Waals surface area contributed by atoms with Crippen molar-refractivity contribution in [2.24, 2.45) is 5.92 Å². The van der Waals surface area contributed by atoms with E-state index >= 15 is 0 Å². The molecule has 2 aliphatic heterocycles. The molecule has 0 radical (unpaired) electrons. The molecule has 2 saturated heterocycles. The lowest BCUT2D eigenvalue weighted by Crippen LogP contribution is -2.41. The Bertz CT molecular complexity index is 942. The fraction of sp³-hybridized carbons (Fsp3) is 0.519. The lowest BCUT2D eigenvalue weighted by molar-refractivity contribution is 0.0788. The van der Waals surface area contributed by atoms with Crippen molar-refractivity contribution in [1.29, 1.82) is 0 Å². The summed E-state index contributed by atoms with van der Waals surface area (Å²) in [7, 11) is 0. The van der Waals surface area contributed by atoms with Crippen LogP contribution in [0.4, 0.5) is 8.78 Å². The molecule has 2 heterocycles. The van der Waals surface area contributed by atoms with Crippen LogP contribution in [-0.4, -0.2) is 60.7 Å². The van der Waals surface area contributed by atoms with Gasteiger partial charge in [-0.15, -0.1) is 0 Å². The summed E-state index contributed by atoms with van der Waals surface area (Å²) in [4.78, 5) is 16.4. The molecule has 2 fully saturated rings. The van der Waals surface area contributed by atoms with Crippen LogP contribution < -0.4 is 4.74 Å². The Morgan fingerprint density at radius 3 is 2.24 bits per heavy atom. The number of nitrogens with zero attached hydrogens (tertiary/aromatic N) is 2. The van der Waals surface area contributed by atoms with Crippen LogP contribution in [0.25, 0.3) is 11.1 Å². The molecule has 6 heteroatoms. The van der Waals surface area contributed by atoms with Crippen LogP contribution in [0.1, 0.15) is 49.9 Å². The number of carbonyl (C=O) groups excluding carboxylic acids is 1. The van der Waals surface area contributed by atoms with Gasteiger partial charge in [-0.1, -0.05) is 18.2 Å². The topological polar surface area (TPSA) is 32.8 Å². The Kier molecular flexibility index (Phi) is 7.32. The molecular formula is C27H34F2N2O2. The highest BCUT2D eigenvalue weighted by atomic mass is 19.1. The van der Waals surface area contributed by atoms with E-state index in [1.165, 1.54) is 6.07 Å². The number of hydrogen-bond donors (Lipinski definition) is 0. The van der Waals surface area contributed by atoms with Gasteiger partial charge in [0.1, 0.15) is 17.2 Å². The summed E-state index contributed by atoms with van der Waals surface area (Å²) >= 11 is 0. The molecule has 0 saturated carbocycles. The quantitative estimate of drug-likeness (QED) is 0.546. The third-order valence-electron chi connectivity index (χ3n) is 6.57. The number of rotatable bonds is 7. The van der Waals surface area contributed by atoms with Crippen molar-refractivity contribution >= 4 is 5.91 Å². The van der Waals surface area contributed by atoms with E-state index in [1.807, 2.05) is 24.3 Å². The van der Waals surface area contributed by atoms with E-state index < -0.39 is 11.5 Å². The van der Waals surface area contributed by atoms with Crippen LogP contribution in [0.15, 0.2) is 42.5 Å². The Labute approximate surface area is 195 Å². The highest BCUT2D eigenvalue weighted by Gasteiger charge is 2.25. The maximum Gasteiger partial charge on any atom is 0.256 e. The maximum atomic E-state index is 14.7. The second kappa shape index (κ2) is 10.2. The van der Waals surface area contributed by atoms with Gasteiger partial charge in [0.15, 0.2) is 0 Å². The number of likely N-dealkylation sites (tertiary alicyclic amines) is 2. The van der Waals surface area contributed by atoms with E-state index in [0.29, 0.717) is 32.2 Å². The van der Waals surface area contributed by atoms with Crippen LogP contribution in [0.5, 0.6) is 5.75 Å². The first kappa shape index (κ1) is 23.7. The van der Waals surface area contributed by atoms with Gasteiger partial charge in [-0.2, -0.15) is 0 Å². The van der Waals surface area contributed by atoms with E-state index in [2.05, 4.69) is 4.90 Å². The lowest BCUT2D eigenvalue weighted by Gasteiger charge is -2.34. The fourth-order valence-electron chi connectivity index (χ4n) is 4.76. The third kappa shape index (κ3) is 6.32. The Morgan fingerprint density at radius 1 is 1.00 bits per heavy atom. The van der Waals surface area contributed by atoms with Crippen molar-refractivity contribution in [2.45, 2.75) is 45.2 Å². The lowest BCUT2D eigenvalue weighted by atomic mass is 9.97. The molecule has 0 unspecified atom stereocenters. The summed E-state index contributed by atoms with van der Waals surface area (Å²) in [6, 6.07) is 12.5. The van der Waals surface area contributed by atoms with Crippen molar-refractivity contribution in [3.8, 4) is 16.9 Å². The first-order valence-corrected chi connectivity index (χ1v) is 12.0. The number of ether oxygens (including phenoxy) is 1. The first-order chi connectivity index (χ1) is 15.8. The average molecular weight is 457 g/mol. The third-order valence-corrected chi connectivity index (χ3v) is 6.57. The van der Waals surface area contributed by atoms with E-state index in [4.69, 9.17) is 4.74 Å². The molecule has 4 rings (SSSR count). The SMILES string of the molecule is CC(C)(F)CN1CCC(COc2ccc(-c3ccc(C(=O)N4CCCC4)c(F)c3)cc2)CC1. The number of carbonyl (C=O) groups is 1. The number of benzene rings is 2. The number of amides is 1. The molecule has 2 aromatic rings. The number of piperidine rings is 1. The number of hydrogen-bond acceptors (Lipinski definition) is 3. The van der Waals surface area contributed by atoms with E-state index in [9.17, 15) is 13.6 Å². The molecule has 178 valence electrons. The molecule has 0 bridgehead atoms. The summed E-state index contributed by atoms with van der Waals surface area (Å²) < 4.78 is 34.5. The molecule has 4 nitrogen and oxygen atoms in total. The fourth-order valence-corrected chi connectivity index (χ4v) is 4.76. The predicted octanol–water partition coefficient (Wildman–Crippen LogP) is 5.57. The van der Waals surface area contributed by atoms with Crippen molar-refractivity contribution in [2.75, 3.05) is 39.3 Å². The van der Waals surface area contributed by atoms with Gasteiger partial charge >= 0.3 is 0 Å². The molecule has 2 aliphatic rings. The average Bonchev–Trinajstić information content (AvgIpc) is 3.32. The number of alkyl halides is 1. The molecule has 0 spiro atoms. The molecule has 0 aliphatic carbocycles. The predicted molar refractivity (Wildman–Crippen MR) is 127 cm³/mol. The van der Waals surface area contributed by atoms with Crippen LogP contribution in [0.2, 0.25) is 0 Å². The number of halogens is 2. The highest BCUT2D eigenvalue weighted by molar-refractivity contribution is 5.95. The summed E-state index contributed by atoms with van der Waals surface area (Å²) in [6.07, 6.45) is 3.99. The minimum absolute atomic E-state index is 0.140. The van der Waals surface area contributed by atoms with Gasteiger partial charge in [-0.25, -0.2) is 8.78 Å². The minimum atomic E-state index is -1.16. The molecule has 2 aromatic carbocycles. The van der Waals surface area contributed by atoms with Gasteiger partial charge in [0.2, 0.25) is 0 Å². The van der Waals surface area contributed by atoms with Crippen LogP contribution >= 0.6 is 0 Å². The monoisotopic (exact) mass is 456 g/mol. The molecular weight excluding hydrogens is 422 g/mol. The van der Waals surface area contributed by atoms with Crippen molar-refractivity contribution < 1.29 is 18.3 Å². The largest absolute Gasteiger partial charge is 0.493 e. The van der Waals surface area contributed by atoms with Gasteiger partial charge in [-0.05, 0) is 93.9 Å². The van der Waals surface area contributed by atoms with Crippen LogP contribution in [-0.2, 0) is 0 Å². The van der Waals surface area contributed by atoms with Gasteiger partial charge in [-0.3, -0.25) is 4.79 Å². The van der Waals surface area contributed by atoms with Crippen molar-refractivity contribution in [1.82, 2.24) is 9.80 Å². The van der Waals surface area contributed by atoms with Gasteiger partial charge in [0.05, 0.1) is 12.2 Å². The van der Waals surface area contributed by atoms with Crippen LogP contribution in [0, 0.1) is 11.7 Å². The van der Waals surface area contributed by atoms with Gasteiger partial charge in [0.25, 0.3) is 5.91 Å². The highest BCUT2D eigenvalue weighted by Crippen LogP contribution is 2.27. The van der Waals surface area contributed by atoms with E-state index in [-0.39, 0.29) is 11.5 Å². The second-order valence-electron chi connectivity index (χ2n) is 9.97. The minimum Gasteiger partial charge on any atom is -0.493 e. The second-order valence-corrected chi connectivity index (χ2v) is 9.97. The Morgan fingerprint density at radius 2 is 1.64 bits per heavy atom. The Balaban J connectivity index is 1.30. The maximum absolute atomic E-state index is 14.7. The summed E-state index contributed by atoms with van der Waals surface area (Å²) in [5.74, 6) is 0.553. The molecule has 33 heavy (non-hydrogen) atoms. The molecule has 1 amide bonds. The zero-order valence-electron chi connectivity index (χ0n) is 19.7. The summed E-state index contributed by atoms with van der Waals surface area (Å²) in [5.41, 5.74) is 0.600. The van der Waals surface area contributed by atoms with Gasteiger partial charge < -0.3 is 14.5 Å². The molecule has 0 N–H and O–H groups in total. The standard InChI is InChI=1S/C27H34F2N2O2/c1-27(2,29)19-30-15-11-20(12-16-30)18-33-23-8-5-21(6-9-23)22-7-10-24(25(28)17-22)26(32)31-13-3-4-14-31/h5-10,17,20H,3-4,11-16,18-19H2,1-2H3. The summed E-state index contributed by atoms with van der Waals surface area (Å²) in [6.45, 7) is 7.60. The molecule has 0 atom stereocenters. The smallest absolute Gasteiger partial charge is 0.256 e. The zero-order valence-corrected chi connectivity index (χ0v) is 19.7. The van der Waals surface area contributed by atoms with E-state index in [1.54, 1.807) is 30.9 Å².